The van der Waals surface area contributed by atoms with Gasteiger partial charge in [0.15, 0.2) is 0 Å². The summed E-state index contributed by atoms with van der Waals surface area (Å²) < 4.78 is 10.4. The first-order chi connectivity index (χ1) is 8.78. The van der Waals surface area contributed by atoms with Gasteiger partial charge in [0.1, 0.15) is 6.10 Å². The summed E-state index contributed by atoms with van der Waals surface area (Å²) in [5.41, 5.74) is 0. The zero-order valence-electron chi connectivity index (χ0n) is 10.7. The fourth-order valence-electron chi connectivity index (χ4n) is 5.37. The molecule has 0 N–H and O–H groups in total. The summed E-state index contributed by atoms with van der Waals surface area (Å²) >= 11 is 0. The van der Waals surface area contributed by atoms with Crippen LogP contribution in [0, 0.1) is 35.5 Å². The number of hydrogen-bond donors (Lipinski definition) is 0. The van der Waals surface area contributed by atoms with Gasteiger partial charge in [0.25, 0.3) is 0 Å². The minimum Gasteiger partial charge on any atom is -0.435 e. The van der Waals surface area contributed by atoms with E-state index in [0.29, 0.717) is 12.5 Å². The van der Waals surface area contributed by atoms with E-state index in [4.69, 9.17) is 9.47 Å². The standard InChI is InChI=1S/C15H20O3/c1-2-17-15(16)18-12-7-10-6-11(12)14-9-4-3-8(5-9)13(10)14/h3-4,8-14H,2,5-7H2,1H3. The van der Waals surface area contributed by atoms with E-state index < -0.39 is 6.16 Å². The van der Waals surface area contributed by atoms with Crippen molar-refractivity contribution in [2.24, 2.45) is 35.5 Å². The van der Waals surface area contributed by atoms with Gasteiger partial charge in [-0.25, -0.2) is 4.79 Å². The molecule has 0 spiro atoms. The second kappa shape index (κ2) is 3.75. The van der Waals surface area contributed by atoms with Crippen molar-refractivity contribution in [1.82, 2.24) is 0 Å². The van der Waals surface area contributed by atoms with Gasteiger partial charge in [-0.1, -0.05) is 12.2 Å². The maximum atomic E-state index is 11.5. The molecule has 18 heavy (non-hydrogen) atoms. The predicted molar refractivity (Wildman–Crippen MR) is 65.8 cm³/mol. The first kappa shape index (κ1) is 10.9. The third-order valence-electron chi connectivity index (χ3n) is 5.72. The molecule has 0 heterocycles. The molecular weight excluding hydrogens is 228 g/mol. The number of hydrogen-bond acceptors (Lipinski definition) is 3. The smallest absolute Gasteiger partial charge is 0.435 e. The molecule has 0 radical (unpaired) electrons. The van der Waals surface area contributed by atoms with Crippen molar-refractivity contribution in [3.63, 3.8) is 0 Å². The highest BCUT2D eigenvalue weighted by atomic mass is 16.7. The Bertz CT molecular complexity index is 403. The van der Waals surface area contributed by atoms with Gasteiger partial charge < -0.3 is 9.47 Å². The highest BCUT2D eigenvalue weighted by molar-refractivity contribution is 5.60. The summed E-state index contributed by atoms with van der Waals surface area (Å²) in [4.78, 5) is 11.5. The molecule has 3 nitrogen and oxygen atoms in total. The average Bonchev–Trinajstić information content (AvgIpc) is 3.07. The molecule has 0 aromatic carbocycles. The minimum absolute atomic E-state index is 0.128. The fourth-order valence-corrected chi connectivity index (χ4v) is 5.37. The fraction of sp³-hybridized carbons (Fsp3) is 0.800. The molecule has 4 bridgehead atoms. The van der Waals surface area contributed by atoms with E-state index in [-0.39, 0.29) is 6.10 Å². The van der Waals surface area contributed by atoms with Crippen LogP contribution >= 0.6 is 0 Å². The Morgan fingerprint density at radius 3 is 2.72 bits per heavy atom. The third kappa shape index (κ3) is 1.33. The molecule has 3 saturated carbocycles. The quantitative estimate of drug-likeness (QED) is 0.428. The normalized spacial score (nSPS) is 50.6. The van der Waals surface area contributed by atoms with E-state index >= 15 is 0 Å². The van der Waals surface area contributed by atoms with E-state index in [9.17, 15) is 4.79 Å². The molecule has 98 valence electrons. The Morgan fingerprint density at radius 1 is 1.17 bits per heavy atom. The molecule has 4 aliphatic rings. The molecule has 0 aliphatic heterocycles. The highest BCUT2D eigenvalue weighted by Gasteiger charge is 2.62. The second-order valence-electron chi connectivity index (χ2n) is 6.34. The van der Waals surface area contributed by atoms with Gasteiger partial charge >= 0.3 is 6.16 Å². The molecule has 3 heteroatoms. The van der Waals surface area contributed by atoms with Crippen LogP contribution in [0.4, 0.5) is 4.79 Å². The molecule has 7 unspecified atom stereocenters. The van der Waals surface area contributed by atoms with E-state index in [0.717, 1.165) is 36.0 Å². The summed E-state index contributed by atoms with van der Waals surface area (Å²) in [5.74, 6) is 4.68. The second-order valence-corrected chi connectivity index (χ2v) is 6.34. The lowest BCUT2D eigenvalue weighted by molar-refractivity contribution is -0.0157. The lowest BCUT2D eigenvalue weighted by Gasteiger charge is -2.35. The third-order valence-corrected chi connectivity index (χ3v) is 5.72. The Morgan fingerprint density at radius 2 is 1.94 bits per heavy atom. The Kier molecular flexibility index (Phi) is 2.27. The summed E-state index contributed by atoms with van der Waals surface area (Å²) in [7, 11) is 0. The van der Waals surface area contributed by atoms with Crippen LogP contribution in [-0.4, -0.2) is 18.9 Å². The van der Waals surface area contributed by atoms with Gasteiger partial charge in [-0.3, -0.25) is 0 Å². The van der Waals surface area contributed by atoms with Gasteiger partial charge in [0.05, 0.1) is 6.61 Å². The molecule has 0 aromatic heterocycles. The highest BCUT2D eigenvalue weighted by Crippen LogP contribution is 2.65. The first-order valence-corrected chi connectivity index (χ1v) is 7.29. The first-order valence-electron chi connectivity index (χ1n) is 7.29. The number of carbonyl (C=O) groups excluding carboxylic acids is 1. The monoisotopic (exact) mass is 248 g/mol. The number of allylic oxidation sites excluding steroid dienone is 2. The van der Waals surface area contributed by atoms with Crippen LogP contribution in [0.5, 0.6) is 0 Å². The zero-order chi connectivity index (χ0) is 12.3. The molecule has 0 aromatic rings. The SMILES string of the molecule is CCOC(=O)OC1CC2CC1C1C3C=CC(C3)C21. The van der Waals surface area contributed by atoms with Gasteiger partial charge in [-0.05, 0) is 55.8 Å². The van der Waals surface area contributed by atoms with Gasteiger partial charge in [0.2, 0.25) is 0 Å². The number of carbonyl (C=O) groups is 1. The predicted octanol–water partition coefficient (Wildman–Crippen LogP) is 3.01. The van der Waals surface area contributed by atoms with Crippen molar-refractivity contribution in [2.45, 2.75) is 32.3 Å². The van der Waals surface area contributed by atoms with Crippen LogP contribution in [0.1, 0.15) is 26.2 Å². The van der Waals surface area contributed by atoms with Crippen molar-refractivity contribution < 1.29 is 14.3 Å². The summed E-state index contributed by atoms with van der Waals surface area (Å²) in [6.07, 6.45) is 8.21. The maximum Gasteiger partial charge on any atom is 0.508 e. The van der Waals surface area contributed by atoms with Crippen molar-refractivity contribution in [1.29, 1.82) is 0 Å². The van der Waals surface area contributed by atoms with E-state index in [1.165, 1.54) is 12.8 Å². The van der Waals surface area contributed by atoms with Crippen molar-refractivity contribution in [3.05, 3.63) is 12.2 Å². The van der Waals surface area contributed by atoms with E-state index in [1.54, 1.807) is 0 Å². The molecular formula is C15H20O3. The van der Waals surface area contributed by atoms with Crippen LogP contribution in [0.2, 0.25) is 0 Å². The van der Waals surface area contributed by atoms with Crippen molar-refractivity contribution in [3.8, 4) is 0 Å². The Hall–Kier alpha value is -0.990. The van der Waals surface area contributed by atoms with Gasteiger partial charge in [0, 0.05) is 5.92 Å². The number of ether oxygens (including phenoxy) is 2. The molecule has 4 aliphatic carbocycles. The Labute approximate surface area is 108 Å². The molecule has 3 fully saturated rings. The summed E-state index contributed by atoms with van der Waals surface area (Å²) in [5, 5.41) is 0. The lowest BCUT2D eigenvalue weighted by Crippen LogP contribution is -2.36. The maximum absolute atomic E-state index is 11.5. The largest absolute Gasteiger partial charge is 0.508 e. The summed E-state index contributed by atoms with van der Waals surface area (Å²) in [6.45, 7) is 2.22. The van der Waals surface area contributed by atoms with Crippen LogP contribution in [0.3, 0.4) is 0 Å². The van der Waals surface area contributed by atoms with Crippen molar-refractivity contribution >= 4 is 6.16 Å². The van der Waals surface area contributed by atoms with Gasteiger partial charge in [-0.15, -0.1) is 0 Å². The summed E-state index contributed by atoms with van der Waals surface area (Å²) in [6, 6.07) is 0. The van der Waals surface area contributed by atoms with Crippen LogP contribution in [-0.2, 0) is 9.47 Å². The lowest BCUT2D eigenvalue weighted by atomic mass is 9.72. The average molecular weight is 248 g/mol. The van der Waals surface area contributed by atoms with E-state index in [2.05, 4.69) is 12.2 Å². The number of rotatable bonds is 2. The van der Waals surface area contributed by atoms with Crippen molar-refractivity contribution in [2.75, 3.05) is 6.61 Å². The zero-order valence-corrected chi connectivity index (χ0v) is 10.7. The molecule has 0 saturated heterocycles. The number of fused-ring (bicyclic) bond motifs is 9. The van der Waals surface area contributed by atoms with E-state index in [1.807, 2.05) is 6.92 Å². The van der Waals surface area contributed by atoms with Crippen LogP contribution < -0.4 is 0 Å². The van der Waals surface area contributed by atoms with Crippen LogP contribution in [0.15, 0.2) is 12.2 Å². The van der Waals surface area contributed by atoms with Gasteiger partial charge in [-0.2, -0.15) is 0 Å². The molecule has 0 amide bonds. The minimum atomic E-state index is -0.467. The molecule has 7 atom stereocenters. The van der Waals surface area contributed by atoms with Crippen LogP contribution in [0.25, 0.3) is 0 Å². The topological polar surface area (TPSA) is 35.5 Å². The molecule has 4 rings (SSSR count). The Balaban J connectivity index is 1.49.